The van der Waals surface area contributed by atoms with Gasteiger partial charge in [0.1, 0.15) is 89.7 Å². The lowest BCUT2D eigenvalue weighted by atomic mass is 9.94. The Morgan fingerprint density at radius 3 is 1.21 bits per heavy atom. The summed E-state index contributed by atoms with van der Waals surface area (Å²) in [5, 5.41) is 55.1. The third-order valence-electron chi connectivity index (χ3n) is 20.8. The summed E-state index contributed by atoms with van der Waals surface area (Å²) in [5.74, 6) is -15.3. The molecule has 15 atom stereocenters. The lowest BCUT2D eigenvalue weighted by Crippen LogP contribution is -2.62. The first-order valence-electron chi connectivity index (χ1n) is 42.0. The summed E-state index contributed by atoms with van der Waals surface area (Å²) in [6.07, 6.45) is 2.32. The minimum Gasteiger partial charge on any atom is -0.480 e. The molecule has 0 bridgehead atoms. The van der Waals surface area contributed by atoms with Crippen molar-refractivity contribution >= 4 is 117 Å². The zero-order valence-corrected chi connectivity index (χ0v) is 72.2. The van der Waals surface area contributed by atoms with E-state index in [1.807, 2.05) is 64.1 Å². The van der Waals surface area contributed by atoms with Gasteiger partial charge in [-0.05, 0) is 144 Å². The van der Waals surface area contributed by atoms with Gasteiger partial charge in [-0.1, -0.05) is 146 Å². The molecule has 37 heteroatoms. The molecule has 3 aromatic rings. The van der Waals surface area contributed by atoms with Crippen LogP contribution in [0.3, 0.4) is 0 Å². The Balaban J connectivity index is 1.83. The van der Waals surface area contributed by atoms with Crippen molar-refractivity contribution in [1.82, 2.24) is 69.1 Å². The second-order valence-corrected chi connectivity index (χ2v) is 32.6. The molecule has 0 aliphatic carbocycles. The molecule has 37 nitrogen and oxygen atoms in total. The van der Waals surface area contributed by atoms with Crippen molar-refractivity contribution in [3.63, 3.8) is 0 Å². The number of carboxylic acid groups (broad SMARTS) is 1. The predicted molar refractivity (Wildman–Crippen MR) is 451 cm³/mol. The Morgan fingerprint density at radius 1 is 0.408 bits per heavy atom. The first-order chi connectivity index (χ1) is 56.6. The molecular formula is C83H136N18O19. The van der Waals surface area contributed by atoms with Gasteiger partial charge in [-0.15, -0.1) is 0 Å². The van der Waals surface area contributed by atoms with E-state index >= 15 is 0 Å². The largest absolute Gasteiger partial charge is 0.480 e. The van der Waals surface area contributed by atoms with Gasteiger partial charge < -0.3 is 112 Å². The maximum Gasteiger partial charge on any atom is 0.325 e. The van der Waals surface area contributed by atoms with Crippen LogP contribution in [0.2, 0.25) is 0 Å². The van der Waals surface area contributed by atoms with E-state index < -0.39 is 210 Å². The quantitative estimate of drug-likeness (QED) is 0.0334. The second kappa shape index (κ2) is 52.6. The predicted octanol–water partition coefficient (Wildman–Crippen LogP) is 0.114. The van der Waals surface area contributed by atoms with Crippen LogP contribution in [0.5, 0.6) is 0 Å². The smallest absolute Gasteiger partial charge is 0.325 e. The lowest BCUT2D eigenvalue weighted by molar-refractivity contribution is -0.142. The fraction of sp³-hybridized carbons (Fsp3) is 0.663. The first-order valence-corrected chi connectivity index (χ1v) is 42.0. The molecule has 0 radical (unpaired) electrons. The summed E-state index contributed by atoms with van der Waals surface area (Å²) >= 11 is 0. The molecule has 15 amide bonds. The standard InChI is InChI=1S/C83H136N18O19/c1-15-24-55(91-76(111)58(32-33-62(87)103)94-79(114)65(45(8)9)99-71(106)54(86)42-102)73(108)92-56(29-18-20-36-84)74(109)95-59(39-43(4)5)72(107)89-38-35-51-26-23-28-53-52-27-22-25-50(69(52)120-70(51)53)31-34-64(105)98-67(47(12)16-2)81(116)101-68(48(13)17-3)82(117)100-66(46(10)11)80(115)93-57(30-19-21-37-85)75(110)96-60(40-44(6)7)78(113)97-61(41-63(88)104)77(112)90-49(14)83(118)119/h22-23,25-28,43-49,54-61,65-68,102H,15-21,24,29-42,84-86H2,1-14H3,(H2,87,103)(H2,88,104)(H,89,107)(H,90,112)(H,91,111)(H,92,108)(H,93,115)(H,94,114)(H,95,109)(H,96,110)(H,97,113)(H,98,105)(H,99,106)(H,100,117)(H,101,116)(H,118,119)/t47-,48-,49-,54-,55+,56-,57-,58-,59-,60-,61-,65-,66-,67-,68-/m0/s1. The van der Waals surface area contributed by atoms with Crippen molar-refractivity contribution in [1.29, 1.82) is 0 Å². The van der Waals surface area contributed by atoms with E-state index in [1.54, 1.807) is 62.3 Å². The number of carbonyl (C=O) groups excluding carboxylic acids is 15. The number of hydrogen-bond acceptors (Lipinski definition) is 21. The molecule has 3 rings (SSSR count). The zero-order valence-electron chi connectivity index (χ0n) is 72.2. The van der Waals surface area contributed by atoms with E-state index in [2.05, 4.69) is 69.1 Å². The van der Waals surface area contributed by atoms with Gasteiger partial charge in [-0.2, -0.15) is 0 Å². The Morgan fingerprint density at radius 2 is 0.792 bits per heavy atom. The molecule has 0 saturated carbocycles. The van der Waals surface area contributed by atoms with Crippen LogP contribution in [-0.4, -0.2) is 210 Å². The highest BCUT2D eigenvalue weighted by Gasteiger charge is 2.39. The van der Waals surface area contributed by atoms with Crippen molar-refractivity contribution in [3.8, 4) is 0 Å². The van der Waals surface area contributed by atoms with Crippen LogP contribution < -0.4 is 97.8 Å². The Bertz CT molecular complexity index is 3950. The minimum atomic E-state index is -1.61. The number of furan rings is 1. The van der Waals surface area contributed by atoms with Crippen LogP contribution in [0.1, 0.15) is 211 Å². The number of rotatable bonds is 57. The normalized spacial score (nSPS) is 15.2. The van der Waals surface area contributed by atoms with Gasteiger partial charge in [-0.25, -0.2) is 0 Å². The number of nitrogens with one attached hydrogen (secondary N) is 13. The molecule has 1 aromatic heterocycles. The van der Waals surface area contributed by atoms with E-state index in [4.69, 9.17) is 33.1 Å². The number of fused-ring (bicyclic) bond motifs is 3. The maximum absolute atomic E-state index is 14.6. The van der Waals surface area contributed by atoms with E-state index in [9.17, 15) is 86.9 Å². The molecule has 0 aliphatic rings. The SMILES string of the molecule is CCC[C@@H](NC(=O)[C@H](CCC(N)=O)NC(=O)[C@@H](NC(=O)[C@@H](N)CO)C(C)C)C(=O)N[C@@H](CCCCN)C(=O)N[C@@H](CC(C)C)C(=O)NCCc1cccc2c1oc1c(CCC(=O)N[C@H](C(=O)N[C@H](C(=O)N[C@H](C(=O)N[C@@H](CCCCN)C(=O)N[C@@H](CC(C)C)C(=O)N[C@@H](CC(N)=O)C(=O)N[C@@H](C)C(=O)O)C(C)C)[C@@H](C)CC)[C@@H](C)CC)cccc12. The Labute approximate surface area is 703 Å². The van der Waals surface area contributed by atoms with Crippen molar-refractivity contribution in [3.05, 3.63) is 47.5 Å². The summed E-state index contributed by atoms with van der Waals surface area (Å²) in [6.45, 7) is 23.9. The number of benzene rings is 2. The van der Waals surface area contributed by atoms with Crippen LogP contribution >= 0.6 is 0 Å². The summed E-state index contributed by atoms with van der Waals surface area (Å²) < 4.78 is 6.62. The van der Waals surface area contributed by atoms with Gasteiger partial charge in [0.2, 0.25) is 88.6 Å². The first kappa shape index (κ1) is 104. The Kier molecular flexibility index (Phi) is 45.5. The number of hydrogen-bond donors (Lipinski definition) is 20. The second-order valence-electron chi connectivity index (χ2n) is 32.6. The zero-order chi connectivity index (χ0) is 90.4. The highest BCUT2D eigenvalue weighted by molar-refractivity contribution is 6.07. The molecule has 25 N–H and O–H groups in total. The van der Waals surface area contributed by atoms with Gasteiger partial charge in [0.05, 0.1) is 13.0 Å². The monoisotopic (exact) mass is 1690 g/mol. The number of carbonyl (C=O) groups is 16. The summed E-state index contributed by atoms with van der Waals surface area (Å²) in [5.41, 5.74) is 30.6. The van der Waals surface area contributed by atoms with Crippen molar-refractivity contribution < 1.29 is 91.3 Å². The average Bonchev–Trinajstić information content (AvgIpc) is 1.61. The number of aliphatic hydroxyl groups excluding tert-OH is 1. The summed E-state index contributed by atoms with van der Waals surface area (Å²) in [4.78, 5) is 217. The van der Waals surface area contributed by atoms with Gasteiger partial charge in [0.25, 0.3) is 0 Å². The molecule has 0 saturated heterocycles. The number of aryl methyl sites for hydroxylation is 1. The lowest BCUT2D eigenvalue weighted by Gasteiger charge is -2.31. The highest BCUT2D eigenvalue weighted by Crippen LogP contribution is 2.34. The number of carboxylic acids is 1. The summed E-state index contributed by atoms with van der Waals surface area (Å²) in [7, 11) is 0. The van der Waals surface area contributed by atoms with Crippen LogP contribution in [-0.2, 0) is 89.6 Å². The van der Waals surface area contributed by atoms with Gasteiger partial charge >= 0.3 is 5.97 Å². The fourth-order valence-electron chi connectivity index (χ4n) is 13.3. The molecule has 2 aromatic carbocycles. The third-order valence-corrected chi connectivity index (χ3v) is 20.8. The van der Waals surface area contributed by atoms with Crippen molar-refractivity contribution in [2.75, 3.05) is 26.2 Å². The Hall–Kier alpha value is -10.4. The number of para-hydroxylation sites is 2. The highest BCUT2D eigenvalue weighted by atomic mass is 16.4. The number of unbranched alkanes of at least 4 members (excludes halogenated alkanes) is 2. The number of nitrogens with two attached hydrogens (primary N) is 5. The van der Waals surface area contributed by atoms with Crippen LogP contribution in [0.4, 0.5) is 0 Å². The van der Waals surface area contributed by atoms with Gasteiger partial charge in [0.15, 0.2) is 0 Å². The van der Waals surface area contributed by atoms with Crippen molar-refractivity contribution in [2.45, 2.75) is 291 Å². The number of primary amides is 2. The van der Waals surface area contributed by atoms with E-state index in [1.165, 1.54) is 6.92 Å². The number of amides is 15. The van der Waals surface area contributed by atoms with E-state index in [0.717, 1.165) is 16.3 Å². The molecule has 120 heavy (non-hydrogen) atoms. The van der Waals surface area contributed by atoms with E-state index in [0.29, 0.717) is 61.7 Å². The number of aliphatic carboxylic acids is 1. The summed E-state index contributed by atoms with van der Waals surface area (Å²) in [6, 6.07) is -5.65. The van der Waals surface area contributed by atoms with E-state index in [-0.39, 0.29) is 95.7 Å². The van der Waals surface area contributed by atoms with Gasteiger partial charge in [0, 0.05) is 30.2 Å². The molecule has 0 unspecified atom stereocenters. The molecular weight excluding hydrogens is 1550 g/mol. The molecule has 0 fully saturated rings. The fourth-order valence-corrected chi connectivity index (χ4v) is 13.3. The molecule has 0 aliphatic heterocycles. The molecule has 1 heterocycles. The van der Waals surface area contributed by atoms with Gasteiger partial charge in [-0.3, -0.25) is 76.7 Å². The average molecular weight is 1690 g/mol. The number of aliphatic hydroxyl groups is 1. The van der Waals surface area contributed by atoms with Crippen LogP contribution in [0.25, 0.3) is 21.9 Å². The maximum atomic E-state index is 14.6. The third kappa shape index (κ3) is 34.4. The van der Waals surface area contributed by atoms with Crippen LogP contribution in [0, 0.1) is 35.5 Å². The molecule has 0 spiro atoms. The topological polar surface area (TPSA) is 613 Å². The van der Waals surface area contributed by atoms with Crippen molar-refractivity contribution in [2.24, 2.45) is 64.2 Å². The minimum absolute atomic E-state index is 0.0172. The molecule has 672 valence electrons. The van der Waals surface area contributed by atoms with Crippen LogP contribution in [0.15, 0.2) is 40.8 Å².